The Balaban J connectivity index is 2.21. The quantitative estimate of drug-likeness (QED) is 0.726. The average Bonchev–Trinajstić information content (AvgIpc) is 2.61. The molecule has 88 valence electrons. The highest BCUT2D eigenvalue weighted by Gasteiger charge is 2.24. The minimum absolute atomic E-state index is 0.0618. The summed E-state index contributed by atoms with van der Waals surface area (Å²) in [7, 11) is 0. The molecule has 0 saturated heterocycles. The molecule has 0 aliphatic heterocycles. The van der Waals surface area contributed by atoms with Crippen LogP contribution in [0.25, 0.3) is 0 Å². The summed E-state index contributed by atoms with van der Waals surface area (Å²) in [4.78, 5) is 11.6. The normalized spacial score (nSPS) is 27.7. The van der Waals surface area contributed by atoms with Gasteiger partial charge in [-0.15, -0.1) is 0 Å². The Kier molecular flexibility index (Phi) is 5.09. The molecule has 0 radical (unpaired) electrons. The van der Waals surface area contributed by atoms with Crippen molar-refractivity contribution in [3.63, 3.8) is 0 Å². The lowest BCUT2D eigenvalue weighted by molar-refractivity contribution is -0.124. The number of rotatable bonds is 5. The van der Waals surface area contributed by atoms with E-state index in [0.29, 0.717) is 12.5 Å². The summed E-state index contributed by atoms with van der Waals surface area (Å²) < 4.78 is 0. The van der Waals surface area contributed by atoms with E-state index in [1.165, 1.54) is 19.3 Å². The maximum Gasteiger partial charge on any atom is 0.222 e. The van der Waals surface area contributed by atoms with Gasteiger partial charge in [-0.1, -0.05) is 26.7 Å². The van der Waals surface area contributed by atoms with Crippen LogP contribution in [0.1, 0.15) is 39.5 Å². The van der Waals surface area contributed by atoms with Crippen molar-refractivity contribution in [2.75, 3.05) is 13.1 Å². The van der Waals surface area contributed by atoms with Crippen LogP contribution in [0, 0.1) is 17.8 Å². The van der Waals surface area contributed by atoms with E-state index in [2.05, 4.69) is 12.2 Å². The lowest BCUT2D eigenvalue weighted by Gasteiger charge is -2.17. The Hall–Kier alpha value is -0.570. The third-order valence-electron chi connectivity index (χ3n) is 3.62. The molecule has 3 atom stereocenters. The number of nitrogens with two attached hydrogens (primary N) is 1. The van der Waals surface area contributed by atoms with Gasteiger partial charge in [-0.05, 0) is 31.2 Å². The maximum absolute atomic E-state index is 11.6. The van der Waals surface area contributed by atoms with Crippen LogP contribution in [0.2, 0.25) is 0 Å². The summed E-state index contributed by atoms with van der Waals surface area (Å²) in [6.45, 7) is 5.68. The summed E-state index contributed by atoms with van der Waals surface area (Å²) in [5, 5.41) is 3.05. The van der Waals surface area contributed by atoms with Crippen LogP contribution in [0.5, 0.6) is 0 Å². The Morgan fingerprint density at radius 1 is 1.53 bits per heavy atom. The second-order valence-corrected chi connectivity index (χ2v) is 4.89. The molecule has 3 N–H and O–H groups in total. The zero-order valence-electron chi connectivity index (χ0n) is 9.96. The molecule has 0 aromatic rings. The summed E-state index contributed by atoms with van der Waals surface area (Å²) in [5.74, 6) is 1.69. The summed E-state index contributed by atoms with van der Waals surface area (Å²) in [6, 6.07) is 0. The van der Waals surface area contributed by atoms with Gasteiger partial charge in [-0.25, -0.2) is 0 Å². The van der Waals surface area contributed by atoms with Gasteiger partial charge in [0.15, 0.2) is 0 Å². The fourth-order valence-electron chi connectivity index (χ4n) is 2.31. The molecule has 3 heteroatoms. The van der Waals surface area contributed by atoms with Gasteiger partial charge >= 0.3 is 0 Å². The van der Waals surface area contributed by atoms with E-state index >= 15 is 0 Å². The molecule has 1 rings (SSSR count). The van der Waals surface area contributed by atoms with Crippen molar-refractivity contribution in [2.24, 2.45) is 23.5 Å². The fraction of sp³-hybridized carbons (Fsp3) is 0.917. The van der Waals surface area contributed by atoms with Gasteiger partial charge in [0.1, 0.15) is 0 Å². The van der Waals surface area contributed by atoms with Gasteiger partial charge in [0.05, 0.1) is 0 Å². The van der Waals surface area contributed by atoms with E-state index in [1.54, 1.807) is 0 Å². The Morgan fingerprint density at radius 2 is 2.27 bits per heavy atom. The third-order valence-corrected chi connectivity index (χ3v) is 3.62. The molecule has 1 aliphatic rings. The minimum atomic E-state index is 0.0618. The lowest BCUT2D eigenvalue weighted by atomic mass is 9.98. The van der Waals surface area contributed by atoms with E-state index < -0.39 is 0 Å². The van der Waals surface area contributed by atoms with Gasteiger partial charge in [-0.3, -0.25) is 4.79 Å². The van der Waals surface area contributed by atoms with Gasteiger partial charge in [-0.2, -0.15) is 0 Å². The number of carbonyl (C=O) groups excluding carboxylic acids is 1. The van der Waals surface area contributed by atoms with Crippen molar-refractivity contribution in [1.82, 2.24) is 5.32 Å². The molecule has 3 nitrogen and oxygen atoms in total. The fourth-order valence-corrected chi connectivity index (χ4v) is 2.31. The maximum atomic E-state index is 11.6. The third kappa shape index (κ3) is 3.82. The second-order valence-electron chi connectivity index (χ2n) is 4.89. The second kappa shape index (κ2) is 6.11. The van der Waals surface area contributed by atoms with Crippen molar-refractivity contribution in [1.29, 1.82) is 0 Å². The summed E-state index contributed by atoms with van der Waals surface area (Å²) in [5.41, 5.74) is 5.43. The van der Waals surface area contributed by atoms with Crippen LogP contribution in [-0.4, -0.2) is 19.0 Å². The molecule has 1 fully saturated rings. The Labute approximate surface area is 92.8 Å². The van der Waals surface area contributed by atoms with E-state index in [-0.39, 0.29) is 11.8 Å². The SMILES string of the molecule is CC(CCN)C(=O)NCC1CCCC1C. The van der Waals surface area contributed by atoms with Crippen molar-refractivity contribution < 1.29 is 4.79 Å². The molecular weight excluding hydrogens is 188 g/mol. The van der Waals surface area contributed by atoms with Gasteiger partial charge < -0.3 is 11.1 Å². The molecule has 1 aliphatic carbocycles. The van der Waals surface area contributed by atoms with Gasteiger partial charge in [0.2, 0.25) is 5.91 Å². The molecule has 0 aromatic carbocycles. The zero-order chi connectivity index (χ0) is 11.3. The highest BCUT2D eigenvalue weighted by molar-refractivity contribution is 5.78. The molecule has 0 bridgehead atoms. The predicted molar refractivity (Wildman–Crippen MR) is 62.4 cm³/mol. The van der Waals surface area contributed by atoms with Crippen LogP contribution in [0.4, 0.5) is 0 Å². The number of amides is 1. The van der Waals surface area contributed by atoms with Gasteiger partial charge in [0.25, 0.3) is 0 Å². The average molecular weight is 212 g/mol. The molecule has 0 aromatic heterocycles. The first-order chi connectivity index (χ1) is 7.15. The van der Waals surface area contributed by atoms with E-state index in [4.69, 9.17) is 5.73 Å². The summed E-state index contributed by atoms with van der Waals surface area (Å²) >= 11 is 0. The largest absolute Gasteiger partial charge is 0.356 e. The van der Waals surface area contributed by atoms with Crippen LogP contribution >= 0.6 is 0 Å². The molecule has 3 unspecified atom stereocenters. The topological polar surface area (TPSA) is 55.1 Å². The number of carbonyl (C=O) groups is 1. The van der Waals surface area contributed by atoms with Crippen molar-refractivity contribution in [3.8, 4) is 0 Å². The van der Waals surface area contributed by atoms with Crippen molar-refractivity contribution >= 4 is 5.91 Å². The Bertz CT molecular complexity index is 206. The van der Waals surface area contributed by atoms with Gasteiger partial charge in [0, 0.05) is 12.5 Å². The molecule has 1 amide bonds. The lowest BCUT2D eigenvalue weighted by Crippen LogP contribution is -2.34. The molecule has 0 heterocycles. The van der Waals surface area contributed by atoms with Crippen molar-refractivity contribution in [3.05, 3.63) is 0 Å². The molecule has 0 spiro atoms. The monoisotopic (exact) mass is 212 g/mol. The Morgan fingerprint density at radius 3 is 2.80 bits per heavy atom. The van der Waals surface area contributed by atoms with Crippen LogP contribution in [0.3, 0.4) is 0 Å². The first-order valence-electron chi connectivity index (χ1n) is 6.13. The zero-order valence-corrected chi connectivity index (χ0v) is 9.96. The predicted octanol–water partition coefficient (Wildman–Crippen LogP) is 1.52. The first kappa shape index (κ1) is 12.5. The summed E-state index contributed by atoms with van der Waals surface area (Å²) in [6.07, 6.45) is 4.69. The van der Waals surface area contributed by atoms with Crippen LogP contribution in [-0.2, 0) is 4.79 Å². The smallest absolute Gasteiger partial charge is 0.222 e. The highest BCUT2D eigenvalue weighted by Crippen LogP contribution is 2.30. The molecular formula is C12H24N2O. The van der Waals surface area contributed by atoms with Crippen LogP contribution < -0.4 is 11.1 Å². The van der Waals surface area contributed by atoms with E-state index in [9.17, 15) is 4.79 Å². The molecule has 15 heavy (non-hydrogen) atoms. The number of hydrogen-bond acceptors (Lipinski definition) is 2. The van der Waals surface area contributed by atoms with Crippen LogP contribution in [0.15, 0.2) is 0 Å². The number of hydrogen-bond donors (Lipinski definition) is 2. The highest BCUT2D eigenvalue weighted by atomic mass is 16.1. The minimum Gasteiger partial charge on any atom is -0.356 e. The first-order valence-corrected chi connectivity index (χ1v) is 6.13. The van der Waals surface area contributed by atoms with E-state index in [1.807, 2.05) is 6.92 Å². The molecule has 1 saturated carbocycles. The standard InChI is InChI=1S/C12H24N2O/c1-9-4-3-5-11(9)8-14-12(15)10(2)6-7-13/h9-11H,3-8,13H2,1-2H3,(H,14,15). The van der Waals surface area contributed by atoms with E-state index in [0.717, 1.165) is 18.9 Å². The number of nitrogens with one attached hydrogen (secondary N) is 1. The van der Waals surface area contributed by atoms with Crippen molar-refractivity contribution in [2.45, 2.75) is 39.5 Å².